The number of morpholine rings is 1. The summed E-state index contributed by atoms with van der Waals surface area (Å²) in [6.45, 7) is 1.79. The van der Waals surface area contributed by atoms with E-state index in [2.05, 4.69) is 11.5 Å². The Morgan fingerprint density at radius 2 is 2.13 bits per heavy atom. The van der Waals surface area contributed by atoms with Crippen molar-refractivity contribution < 1.29 is 33.1 Å². The second-order valence-electron chi connectivity index (χ2n) is 9.21. The molecule has 11 heteroatoms. The average molecular weight is 539 g/mol. The maximum atomic E-state index is 15.0. The van der Waals surface area contributed by atoms with Crippen LogP contribution >= 0.6 is 11.8 Å². The molecule has 1 saturated heterocycles. The van der Waals surface area contributed by atoms with E-state index in [9.17, 15) is 14.7 Å². The number of aliphatic hydroxyl groups is 1. The highest BCUT2D eigenvalue weighted by Crippen LogP contribution is 2.39. The number of fused-ring (bicyclic) bond motifs is 4. The quantitative estimate of drug-likeness (QED) is 0.297. The van der Waals surface area contributed by atoms with Crippen LogP contribution in [0.1, 0.15) is 29.3 Å². The minimum absolute atomic E-state index is 0.0687. The molecule has 3 aliphatic rings. The summed E-state index contributed by atoms with van der Waals surface area (Å²) in [7, 11) is 0. The van der Waals surface area contributed by atoms with Gasteiger partial charge in [0.05, 0.1) is 5.69 Å². The van der Waals surface area contributed by atoms with Crippen LogP contribution in [0.5, 0.6) is 5.75 Å². The Morgan fingerprint density at radius 3 is 2.97 bits per heavy atom. The number of nitrogens with one attached hydrogen (secondary N) is 1. The van der Waals surface area contributed by atoms with Gasteiger partial charge in [0.15, 0.2) is 6.54 Å². The fourth-order valence-electron chi connectivity index (χ4n) is 5.08. The first kappa shape index (κ1) is 24.5. The average Bonchev–Trinajstić information content (AvgIpc) is 3.09. The number of hydrogen-bond donors (Lipinski definition) is 2. The lowest BCUT2D eigenvalue weighted by molar-refractivity contribution is -0.591. The molecule has 1 atom stereocenters. The van der Waals surface area contributed by atoms with Crippen molar-refractivity contribution in [3.63, 3.8) is 0 Å². The molecule has 9 nitrogen and oxygen atoms in total. The molecule has 6 rings (SSSR count). The summed E-state index contributed by atoms with van der Waals surface area (Å²) in [6, 6.07) is 12.4. The Kier molecular flexibility index (Phi) is 6.32. The molecule has 1 fully saturated rings. The molecule has 2 aromatic carbocycles. The predicted molar refractivity (Wildman–Crippen MR) is 138 cm³/mol. The van der Waals surface area contributed by atoms with Crippen molar-refractivity contribution in [1.82, 2.24) is 4.68 Å². The van der Waals surface area contributed by atoms with Crippen LogP contribution in [0.4, 0.5) is 4.39 Å². The number of benzene rings is 2. The van der Waals surface area contributed by atoms with Gasteiger partial charge in [-0.1, -0.05) is 18.2 Å². The summed E-state index contributed by atoms with van der Waals surface area (Å²) in [5.74, 6) is -0.789. The van der Waals surface area contributed by atoms with E-state index in [0.717, 1.165) is 21.6 Å². The SMILES string of the molecule is CC(=O)OCOc1c2n(c(-c3cc(F)cc4c3Cc3ccccc3SC4)cc1=O)N[C@@H]1COCC[N+]1=C2O. The number of thioether (sulfide) groups is 1. The highest BCUT2D eigenvalue weighted by Gasteiger charge is 2.40. The molecule has 0 bridgehead atoms. The highest BCUT2D eigenvalue weighted by molar-refractivity contribution is 7.98. The third-order valence-corrected chi connectivity index (χ3v) is 8.00. The number of aromatic nitrogens is 1. The van der Waals surface area contributed by atoms with Crippen LogP contribution in [0.3, 0.4) is 0 Å². The third kappa shape index (κ3) is 4.31. The minimum atomic E-state index is -0.573. The van der Waals surface area contributed by atoms with E-state index in [1.54, 1.807) is 21.0 Å². The summed E-state index contributed by atoms with van der Waals surface area (Å²) in [4.78, 5) is 25.8. The molecule has 0 radical (unpaired) electrons. The molecule has 0 saturated carbocycles. The van der Waals surface area contributed by atoms with Gasteiger partial charge in [-0.15, -0.1) is 11.8 Å². The second kappa shape index (κ2) is 9.80. The van der Waals surface area contributed by atoms with Crippen molar-refractivity contribution in [2.45, 2.75) is 30.2 Å². The van der Waals surface area contributed by atoms with Crippen LogP contribution in [-0.2, 0) is 26.4 Å². The Labute approximate surface area is 221 Å². The normalized spacial score (nSPS) is 17.8. The van der Waals surface area contributed by atoms with Crippen molar-refractivity contribution in [3.05, 3.63) is 80.9 Å². The first-order chi connectivity index (χ1) is 18.4. The predicted octanol–water partition coefficient (Wildman–Crippen LogP) is 2.98. The van der Waals surface area contributed by atoms with E-state index in [4.69, 9.17) is 14.2 Å². The number of aliphatic hydroxyl groups excluding tert-OH is 1. The zero-order valence-electron chi connectivity index (χ0n) is 20.5. The summed E-state index contributed by atoms with van der Waals surface area (Å²) in [6.07, 6.45) is 0.124. The van der Waals surface area contributed by atoms with Crippen molar-refractivity contribution in [3.8, 4) is 17.0 Å². The Balaban J connectivity index is 1.56. The summed E-state index contributed by atoms with van der Waals surface area (Å²) >= 11 is 1.65. The first-order valence-corrected chi connectivity index (χ1v) is 13.1. The fraction of sp³-hybridized carbons (Fsp3) is 0.296. The van der Waals surface area contributed by atoms with E-state index in [1.165, 1.54) is 25.1 Å². The Hall–Kier alpha value is -3.83. The molecular weight excluding hydrogens is 513 g/mol. The van der Waals surface area contributed by atoms with Crippen LogP contribution in [0, 0.1) is 5.82 Å². The van der Waals surface area contributed by atoms with Gasteiger partial charge in [-0.05, 0) is 41.3 Å². The van der Waals surface area contributed by atoms with Gasteiger partial charge >= 0.3 is 11.9 Å². The Morgan fingerprint density at radius 1 is 1.29 bits per heavy atom. The number of ether oxygens (including phenoxy) is 3. The first-order valence-electron chi connectivity index (χ1n) is 12.2. The zero-order valence-corrected chi connectivity index (χ0v) is 21.3. The number of carbonyl (C=O) groups is 1. The van der Waals surface area contributed by atoms with E-state index >= 15 is 4.39 Å². The van der Waals surface area contributed by atoms with Crippen molar-refractivity contribution in [1.29, 1.82) is 0 Å². The lowest BCUT2D eigenvalue weighted by atomic mass is 9.93. The lowest BCUT2D eigenvalue weighted by Crippen LogP contribution is -2.54. The number of hydrogen-bond acceptors (Lipinski definition) is 7. The number of halogens is 1. The molecule has 1 aromatic heterocycles. The van der Waals surface area contributed by atoms with Crippen molar-refractivity contribution in [2.24, 2.45) is 0 Å². The van der Waals surface area contributed by atoms with E-state index in [-0.39, 0.29) is 23.9 Å². The van der Waals surface area contributed by atoms with E-state index in [1.807, 2.05) is 18.2 Å². The zero-order chi connectivity index (χ0) is 26.4. The molecule has 0 spiro atoms. The largest absolute Gasteiger partial charge is 0.458 e. The molecule has 0 unspecified atom stereocenters. The number of rotatable bonds is 4. The highest BCUT2D eigenvalue weighted by atomic mass is 32.2. The van der Waals surface area contributed by atoms with Crippen LogP contribution in [0.15, 0.2) is 52.2 Å². The molecule has 3 aromatic rings. The lowest BCUT2D eigenvalue weighted by Gasteiger charge is -2.31. The smallest absolute Gasteiger partial charge is 0.392 e. The molecule has 3 aliphatic heterocycles. The van der Waals surface area contributed by atoms with Crippen molar-refractivity contribution in [2.75, 3.05) is 32.0 Å². The van der Waals surface area contributed by atoms with Crippen LogP contribution in [0.2, 0.25) is 0 Å². The second-order valence-corrected chi connectivity index (χ2v) is 10.2. The van der Waals surface area contributed by atoms with E-state index in [0.29, 0.717) is 36.6 Å². The molecule has 2 N–H and O–H groups in total. The van der Waals surface area contributed by atoms with Gasteiger partial charge < -0.3 is 19.3 Å². The monoisotopic (exact) mass is 538 g/mol. The maximum absolute atomic E-state index is 15.0. The standard InChI is InChI=1S/C27H24FN3O6S/c1-15(32)36-14-37-26-22(33)11-21(31-25(26)27(34)30-6-7-35-12-24(30)29-31)20-10-18(28)8-17-13-38-23-5-3-2-4-16(23)9-19(17)20/h2-5,8,10-11,24,29H,6-7,9,12-14H2,1H3/p+1/t24-/m0/s1. The molecule has 0 amide bonds. The molecule has 38 heavy (non-hydrogen) atoms. The molecule has 4 heterocycles. The van der Waals surface area contributed by atoms with Gasteiger partial charge in [0.25, 0.3) is 6.17 Å². The number of esters is 1. The fourth-order valence-corrected chi connectivity index (χ4v) is 6.15. The summed E-state index contributed by atoms with van der Waals surface area (Å²) in [5, 5.41) is 11.3. The molecule has 196 valence electrons. The topological polar surface area (TPSA) is 102 Å². The van der Waals surface area contributed by atoms with Gasteiger partial charge in [-0.2, -0.15) is 4.58 Å². The van der Waals surface area contributed by atoms with Gasteiger partial charge in [0.1, 0.15) is 19.0 Å². The van der Waals surface area contributed by atoms with Crippen LogP contribution < -0.4 is 15.6 Å². The minimum Gasteiger partial charge on any atom is -0.458 e. The number of carbonyl (C=O) groups excluding carboxylic acids is 1. The summed E-state index contributed by atoms with van der Waals surface area (Å²) in [5.41, 5.74) is 6.59. The number of pyridine rings is 1. The molecule has 0 aliphatic carbocycles. The van der Waals surface area contributed by atoms with E-state index < -0.39 is 30.2 Å². The van der Waals surface area contributed by atoms with Crippen LogP contribution in [-0.4, -0.2) is 58.9 Å². The van der Waals surface area contributed by atoms with Crippen molar-refractivity contribution >= 4 is 23.6 Å². The van der Waals surface area contributed by atoms with Gasteiger partial charge in [-0.25, -0.2) is 9.07 Å². The van der Waals surface area contributed by atoms with Crippen LogP contribution in [0.25, 0.3) is 11.3 Å². The number of nitrogens with zero attached hydrogens (tertiary/aromatic N) is 2. The third-order valence-electron chi connectivity index (χ3n) is 6.83. The molecular formula is C27H25FN3O6S+. The van der Waals surface area contributed by atoms with Gasteiger partial charge in [-0.3, -0.25) is 15.0 Å². The van der Waals surface area contributed by atoms with Gasteiger partial charge in [0, 0.05) is 29.2 Å². The van der Waals surface area contributed by atoms with Gasteiger partial charge in [0.2, 0.25) is 23.7 Å². The summed E-state index contributed by atoms with van der Waals surface area (Å²) < 4.78 is 34.3. The maximum Gasteiger partial charge on any atom is 0.392 e. The Bertz CT molecular complexity index is 1550.